The van der Waals surface area contributed by atoms with Gasteiger partial charge in [0, 0.05) is 11.6 Å². The van der Waals surface area contributed by atoms with Crippen molar-refractivity contribution in [2.75, 3.05) is 13.2 Å². The Morgan fingerprint density at radius 3 is 2.71 bits per heavy atom. The van der Waals surface area contributed by atoms with Gasteiger partial charge in [0.1, 0.15) is 29.9 Å². The molecule has 10 heteroatoms. The Kier molecular flexibility index (Phi) is 6.12. The van der Waals surface area contributed by atoms with Crippen LogP contribution in [0.2, 0.25) is 0 Å². The molecule has 1 aliphatic heterocycles. The van der Waals surface area contributed by atoms with E-state index in [0.717, 1.165) is 6.07 Å². The molecule has 1 fully saturated rings. The normalized spacial score (nSPS) is 21.4. The van der Waals surface area contributed by atoms with Crippen molar-refractivity contribution in [2.24, 2.45) is 5.92 Å². The van der Waals surface area contributed by atoms with Crippen molar-refractivity contribution in [1.29, 1.82) is 0 Å². The average molecular weight is 449 g/mol. The first-order valence-electron chi connectivity index (χ1n) is 9.74. The van der Waals surface area contributed by atoms with E-state index >= 15 is 0 Å². The first-order chi connectivity index (χ1) is 14.9. The third kappa shape index (κ3) is 4.81. The SMILES string of the molecule is O=S(=O)(OCC[C@@H]1CO[C@@](Cn2cncn2)(c2ccc(F)cc2F)C1)c1ccccc1. The Morgan fingerprint density at radius 2 is 2.00 bits per heavy atom. The second-order valence-corrected chi connectivity index (χ2v) is 9.09. The number of hydrogen-bond donors (Lipinski definition) is 0. The van der Waals surface area contributed by atoms with Crippen LogP contribution < -0.4 is 0 Å². The van der Waals surface area contributed by atoms with Gasteiger partial charge in [-0.05, 0) is 37.0 Å². The number of nitrogens with zero attached hydrogens (tertiary/aromatic N) is 3. The van der Waals surface area contributed by atoms with E-state index in [1.807, 2.05) is 0 Å². The molecule has 164 valence electrons. The van der Waals surface area contributed by atoms with E-state index in [1.54, 1.807) is 18.2 Å². The minimum atomic E-state index is -3.85. The van der Waals surface area contributed by atoms with Crippen molar-refractivity contribution in [3.63, 3.8) is 0 Å². The first-order valence-corrected chi connectivity index (χ1v) is 11.2. The minimum Gasteiger partial charge on any atom is -0.368 e. The van der Waals surface area contributed by atoms with Crippen LogP contribution in [0.4, 0.5) is 8.78 Å². The van der Waals surface area contributed by atoms with Crippen LogP contribution in [0.15, 0.2) is 66.1 Å². The van der Waals surface area contributed by atoms with E-state index in [1.165, 1.54) is 41.6 Å². The monoisotopic (exact) mass is 449 g/mol. The molecule has 0 bridgehead atoms. The van der Waals surface area contributed by atoms with Gasteiger partial charge in [0.2, 0.25) is 0 Å². The zero-order valence-electron chi connectivity index (χ0n) is 16.5. The maximum atomic E-state index is 14.6. The zero-order chi connectivity index (χ0) is 21.9. The molecule has 31 heavy (non-hydrogen) atoms. The molecule has 0 amide bonds. The Bertz CT molecular complexity index is 1130. The summed E-state index contributed by atoms with van der Waals surface area (Å²) < 4.78 is 65.4. The van der Waals surface area contributed by atoms with Gasteiger partial charge in [-0.15, -0.1) is 0 Å². The lowest BCUT2D eigenvalue weighted by Crippen LogP contribution is -2.32. The molecule has 1 aliphatic rings. The number of benzene rings is 2. The van der Waals surface area contributed by atoms with Gasteiger partial charge in [-0.25, -0.2) is 18.4 Å². The predicted molar refractivity (Wildman–Crippen MR) is 106 cm³/mol. The van der Waals surface area contributed by atoms with E-state index in [-0.39, 0.29) is 36.1 Å². The molecule has 0 radical (unpaired) electrons. The van der Waals surface area contributed by atoms with Crippen molar-refractivity contribution >= 4 is 10.1 Å². The second-order valence-electron chi connectivity index (χ2n) is 7.47. The summed E-state index contributed by atoms with van der Waals surface area (Å²) in [7, 11) is -3.85. The Balaban J connectivity index is 1.47. The van der Waals surface area contributed by atoms with Crippen LogP contribution in [-0.2, 0) is 31.2 Å². The maximum absolute atomic E-state index is 14.6. The number of rotatable bonds is 8. The fourth-order valence-corrected chi connectivity index (χ4v) is 4.79. The van der Waals surface area contributed by atoms with Gasteiger partial charge in [-0.2, -0.15) is 13.5 Å². The molecule has 0 saturated carbocycles. The van der Waals surface area contributed by atoms with Gasteiger partial charge in [0.15, 0.2) is 0 Å². The van der Waals surface area contributed by atoms with Crippen LogP contribution in [0.5, 0.6) is 0 Å². The molecule has 0 spiro atoms. The first kappa shape index (κ1) is 21.5. The van der Waals surface area contributed by atoms with E-state index < -0.39 is 27.4 Å². The molecule has 1 saturated heterocycles. The standard InChI is InChI=1S/C21H21F2N3O4S/c22-17-6-7-19(20(23)10-17)21(13-26-15-24-14-25-26)11-16(12-29-21)8-9-30-31(27,28)18-4-2-1-3-5-18/h1-7,10,14-16H,8-9,11-13H2/t16-,21-/m0/s1. The second kappa shape index (κ2) is 8.81. The molecule has 0 N–H and O–H groups in total. The Hall–Kier alpha value is -2.69. The van der Waals surface area contributed by atoms with E-state index in [4.69, 9.17) is 8.92 Å². The van der Waals surface area contributed by atoms with Crippen molar-refractivity contribution in [2.45, 2.75) is 29.9 Å². The van der Waals surface area contributed by atoms with Crippen molar-refractivity contribution < 1.29 is 26.1 Å². The highest BCUT2D eigenvalue weighted by molar-refractivity contribution is 7.86. The number of hydrogen-bond acceptors (Lipinski definition) is 6. The zero-order valence-corrected chi connectivity index (χ0v) is 17.3. The van der Waals surface area contributed by atoms with Gasteiger partial charge in [-0.1, -0.05) is 24.3 Å². The van der Waals surface area contributed by atoms with Crippen molar-refractivity contribution in [1.82, 2.24) is 14.8 Å². The lowest BCUT2D eigenvalue weighted by Gasteiger charge is -2.29. The smallest absolute Gasteiger partial charge is 0.296 e. The van der Waals surface area contributed by atoms with Gasteiger partial charge in [-0.3, -0.25) is 4.18 Å². The fraction of sp³-hybridized carbons (Fsp3) is 0.333. The van der Waals surface area contributed by atoms with Crippen molar-refractivity contribution in [3.8, 4) is 0 Å². The van der Waals surface area contributed by atoms with Crippen LogP contribution in [-0.4, -0.2) is 36.4 Å². The molecule has 3 aromatic rings. The van der Waals surface area contributed by atoms with Gasteiger partial charge in [0.25, 0.3) is 10.1 Å². The van der Waals surface area contributed by atoms with Gasteiger partial charge < -0.3 is 4.74 Å². The number of ether oxygens (including phenoxy) is 1. The summed E-state index contributed by atoms with van der Waals surface area (Å²) in [6.45, 7) is 0.437. The highest BCUT2D eigenvalue weighted by atomic mass is 32.2. The molecule has 1 aromatic heterocycles. The number of halogens is 2. The van der Waals surface area contributed by atoms with E-state index in [0.29, 0.717) is 12.8 Å². The summed E-state index contributed by atoms with van der Waals surface area (Å²) in [5, 5.41) is 4.08. The van der Waals surface area contributed by atoms with Crippen LogP contribution in [0.3, 0.4) is 0 Å². The molecule has 4 rings (SSSR count). The highest BCUT2D eigenvalue weighted by Gasteiger charge is 2.44. The summed E-state index contributed by atoms with van der Waals surface area (Å²) in [5.41, 5.74) is -0.848. The van der Waals surface area contributed by atoms with Crippen LogP contribution >= 0.6 is 0 Å². The summed E-state index contributed by atoms with van der Waals surface area (Å²) in [6, 6.07) is 11.3. The summed E-state index contributed by atoms with van der Waals surface area (Å²) in [4.78, 5) is 4.00. The third-order valence-electron chi connectivity index (χ3n) is 5.32. The average Bonchev–Trinajstić information content (AvgIpc) is 3.39. The molecule has 0 aliphatic carbocycles. The largest absolute Gasteiger partial charge is 0.368 e. The van der Waals surface area contributed by atoms with E-state index in [2.05, 4.69) is 10.1 Å². The molecule has 2 aromatic carbocycles. The molecule has 7 nitrogen and oxygen atoms in total. The summed E-state index contributed by atoms with van der Waals surface area (Å²) in [6.07, 6.45) is 3.65. The summed E-state index contributed by atoms with van der Waals surface area (Å²) in [5.74, 6) is -1.46. The Morgan fingerprint density at radius 1 is 1.19 bits per heavy atom. The number of aromatic nitrogens is 3. The van der Waals surface area contributed by atoms with Crippen LogP contribution in [0.25, 0.3) is 0 Å². The molecule has 0 unspecified atom stereocenters. The van der Waals surface area contributed by atoms with Crippen LogP contribution in [0, 0.1) is 17.6 Å². The van der Waals surface area contributed by atoms with Gasteiger partial charge >= 0.3 is 0 Å². The molecule has 2 atom stereocenters. The van der Waals surface area contributed by atoms with Crippen molar-refractivity contribution in [3.05, 3.63) is 78.4 Å². The maximum Gasteiger partial charge on any atom is 0.296 e. The fourth-order valence-electron chi connectivity index (χ4n) is 3.84. The van der Waals surface area contributed by atoms with Gasteiger partial charge in [0.05, 0.1) is 24.7 Å². The molecular weight excluding hydrogens is 428 g/mol. The third-order valence-corrected chi connectivity index (χ3v) is 6.64. The quantitative estimate of drug-likeness (QED) is 0.491. The topological polar surface area (TPSA) is 83.3 Å². The lowest BCUT2D eigenvalue weighted by atomic mass is 9.86. The Labute approximate surface area is 178 Å². The summed E-state index contributed by atoms with van der Waals surface area (Å²) >= 11 is 0. The molecular formula is C21H21F2N3O4S. The van der Waals surface area contributed by atoms with E-state index in [9.17, 15) is 17.2 Å². The molecule has 2 heterocycles. The predicted octanol–water partition coefficient (Wildman–Crippen LogP) is 3.28. The lowest BCUT2D eigenvalue weighted by molar-refractivity contribution is -0.0205. The minimum absolute atomic E-state index is 0.0312. The highest BCUT2D eigenvalue weighted by Crippen LogP contribution is 2.42. The van der Waals surface area contributed by atoms with Crippen LogP contribution in [0.1, 0.15) is 18.4 Å².